The van der Waals surface area contributed by atoms with Gasteiger partial charge in [-0.2, -0.15) is 0 Å². The Hall–Kier alpha value is -0.575. The van der Waals surface area contributed by atoms with Crippen molar-refractivity contribution in [3.05, 3.63) is 28.5 Å². The lowest BCUT2D eigenvalue weighted by Gasteiger charge is -2.68. The van der Waals surface area contributed by atoms with Crippen LogP contribution in [0.5, 0.6) is 0 Å². The molecule has 3 saturated carbocycles. The van der Waals surface area contributed by atoms with Crippen molar-refractivity contribution in [1.29, 1.82) is 0 Å². The molecule has 1 aromatic carbocycles. The van der Waals surface area contributed by atoms with E-state index in [1.807, 2.05) is 0 Å². The normalized spacial score (nSPS) is 32.5. The standard InChI is InChI=1S/C17H23BClFO2/c1-10-5-8-13(19)15(20)14(10)18(21)22-17-9-12(16(17,3)4)7-6-11(17)2/h5,8,11-12,21H,6-7,9H2,1-4H3. The van der Waals surface area contributed by atoms with Gasteiger partial charge >= 0.3 is 7.12 Å². The molecule has 3 aliphatic carbocycles. The first-order chi connectivity index (χ1) is 10.2. The highest BCUT2D eigenvalue weighted by Crippen LogP contribution is 2.65. The van der Waals surface area contributed by atoms with Crippen molar-refractivity contribution in [2.24, 2.45) is 17.3 Å². The summed E-state index contributed by atoms with van der Waals surface area (Å²) in [5.74, 6) is 0.397. The summed E-state index contributed by atoms with van der Waals surface area (Å²) >= 11 is 5.86. The van der Waals surface area contributed by atoms with Gasteiger partial charge in [-0.25, -0.2) is 4.39 Å². The van der Waals surface area contributed by atoms with Crippen molar-refractivity contribution in [3.63, 3.8) is 0 Å². The molecule has 3 unspecified atom stereocenters. The lowest BCUT2D eigenvalue weighted by atomic mass is 9.42. The quantitative estimate of drug-likeness (QED) is 0.859. The van der Waals surface area contributed by atoms with Crippen molar-refractivity contribution in [2.75, 3.05) is 0 Å². The molecule has 3 aliphatic rings. The first-order valence-corrected chi connectivity index (χ1v) is 8.39. The smallest absolute Gasteiger partial charge is 0.423 e. The van der Waals surface area contributed by atoms with Crippen LogP contribution in [0.4, 0.5) is 4.39 Å². The van der Waals surface area contributed by atoms with E-state index < -0.39 is 12.9 Å². The average molecular weight is 325 g/mol. The van der Waals surface area contributed by atoms with Crippen molar-refractivity contribution in [3.8, 4) is 0 Å². The Bertz CT molecular complexity index is 607. The van der Waals surface area contributed by atoms with Gasteiger partial charge in [-0.1, -0.05) is 38.4 Å². The molecular formula is C17H23BClFO2. The second-order valence-electron chi connectivity index (χ2n) is 7.55. The number of rotatable bonds is 3. The van der Waals surface area contributed by atoms with Gasteiger partial charge in [0.05, 0.1) is 10.6 Å². The molecule has 0 aromatic heterocycles. The first-order valence-electron chi connectivity index (χ1n) is 8.01. The predicted octanol–water partition coefficient (Wildman–Crippen LogP) is 3.71. The molecule has 0 aliphatic heterocycles. The third-order valence-corrected chi connectivity index (χ3v) is 6.62. The maximum atomic E-state index is 14.3. The highest BCUT2D eigenvalue weighted by Gasteiger charge is 2.66. The van der Waals surface area contributed by atoms with Crippen LogP contribution in [0, 0.1) is 30.0 Å². The van der Waals surface area contributed by atoms with Gasteiger partial charge in [0.1, 0.15) is 5.82 Å². The predicted molar refractivity (Wildman–Crippen MR) is 87.9 cm³/mol. The van der Waals surface area contributed by atoms with Crippen molar-refractivity contribution < 1.29 is 14.1 Å². The van der Waals surface area contributed by atoms with Gasteiger partial charge in [0.2, 0.25) is 0 Å². The molecule has 3 fully saturated rings. The summed E-state index contributed by atoms with van der Waals surface area (Å²) in [6.45, 7) is 8.33. The van der Waals surface area contributed by atoms with Gasteiger partial charge in [-0.05, 0) is 55.1 Å². The number of fused-ring (bicyclic) bond motifs is 2. The second kappa shape index (κ2) is 5.22. The minimum atomic E-state index is -1.28. The minimum absolute atomic E-state index is 0.00853. The molecular weight excluding hydrogens is 301 g/mol. The molecule has 0 heterocycles. The van der Waals surface area contributed by atoms with E-state index in [1.54, 1.807) is 13.0 Å². The van der Waals surface area contributed by atoms with E-state index in [9.17, 15) is 9.41 Å². The summed E-state index contributed by atoms with van der Waals surface area (Å²) in [4.78, 5) is 0. The Labute approximate surface area is 137 Å². The lowest BCUT2D eigenvalue weighted by molar-refractivity contribution is -0.241. The SMILES string of the molecule is Cc1ccc(Cl)c(F)c1B(O)OC12CC(CCC1C)C2(C)C. The van der Waals surface area contributed by atoms with Crippen LogP contribution in [0.3, 0.4) is 0 Å². The van der Waals surface area contributed by atoms with Crippen LogP contribution in [0.2, 0.25) is 5.02 Å². The molecule has 0 spiro atoms. The molecule has 0 amide bonds. The van der Waals surface area contributed by atoms with E-state index in [0.29, 0.717) is 17.4 Å². The van der Waals surface area contributed by atoms with E-state index in [2.05, 4.69) is 20.8 Å². The Morgan fingerprint density at radius 2 is 2.05 bits per heavy atom. The number of hydrogen-bond acceptors (Lipinski definition) is 2. The average Bonchev–Trinajstić information content (AvgIpc) is 2.45. The molecule has 1 aromatic rings. The summed E-state index contributed by atoms with van der Waals surface area (Å²) in [6, 6.07) is 3.22. The highest BCUT2D eigenvalue weighted by molar-refractivity contribution is 6.61. The molecule has 0 saturated heterocycles. The van der Waals surface area contributed by atoms with E-state index in [4.69, 9.17) is 16.3 Å². The molecule has 2 bridgehead atoms. The van der Waals surface area contributed by atoms with Crippen LogP contribution >= 0.6 is 11.6 Å². The fraction of sp³-hybridized carbons (Fsp3) is 0.647. The van der Waals surface area contributed by atoms with Crippen LogP contribution in [0.25, 0.3) is 0 Å². The number of benzene rings is 1. The van der Waals surface area contributed by atoms with Gasteiger partial charge in [0.25, 0.3) is 0 Å². The van der Waals surface area contributed by atoms with Gasteiger partial charge in [0, 0.05) is 5.46 Å². The van der Waals surface area contributed by atoms with E-state index >= 15 is 0 Å². The largest absolute Gasteiger partial charge is 0.494 e. The zero-order valence-corrected chi connectivity index (χ0v) is 14.4. The van der Waals surface area contributed by atoms with E-state index in [0.717, 1.165) is 12.8 Å². The maximum absolute atomic E-state index is 14.3. The molecule has 1 N–H and O–H groups in total. The molecule has 0 radical (unpaired) electrons. The van der Waals surface area contributed by atoms with Crippen LogP contribution in [-0.4, -0.2) is 17.7 Å². The summed E-state index contributed by atoms with van der Waals surface area (Å²) in [7, 11) is -1.28. The summed E-state index contributed by atoms with van der Waals surface area (Å²) in [5, 5.41) is 10.6. The lowest BCUT2D eigenvalue weighted by Crippen LogP contribution is -2.70. The first kappa shape index (κ1) is 16.3. The Morgan fingerprint density at radius 1 is 1.36 bits per heavy atom. The molecule has 4 rings (SSSR count). The van der Waals surface area contributed by atoms with Crippen LogP contribution in [0.1, 0.15) is 45.6 Å². The zero-order valence-electron chi connectivity index (χ0n) is 13.6. The van der Waals surface area contributed by atoms with Gasteiger partial charge < -0.3 is 9.68 Å². The number of aryl methyl sites for hydroxylation is 1. The molecule has 120 valence electrons. The van der Waals surface area contributed by atoms with Crippen LogP contribution < -0.4 is 5.46 Å². The Morgan fingerprint density at radius 3 is 2.64 bits per heavy atom. The van der Waals surface area contributed by atoms with Gasteiger partial charge in [-0.15, -0.1) is 0 Å². The van der Waals surface area contributed by atoms with Crippen LogP contribution in [-0.2, 0) is 4.65 Å². The third kappa shape index (κ3) is 2.07. The Balaban J connectivity index is 1.92. The summed E-state index contributed by atoms with van der Waals surface area (Å²) in [5.41, 5.74) is 0.451. The highest BCUT2D eigenvalue weighted by atomic mass is 35.5. The number of halogens is 2. The molecule has 3 atom stereocenters. The van der Waals surface area contributed by atoms with Crippen molar-refractivity contribution in [2.45, 2.75) is 52.6 Å². The fourth-order valence-electron chi connectivity index (χ4n) is 4.62. The topological polar surface area (TPSA) is 29.5 Å². The summed E-state index contributed by atoms with van der Waals surface area (Å²) in [6.07, 6.45) is 3.25. The van der Waals surface area contributed by atoms with Gasteiger partial charge in [-0.3, -0.25) is 0 Å². The Kier molecular flexibility index (Phi) is 3.86. The maximum Gasteiger partial charge on any atom is 0.494 e. The fourth-order valence-corrected chi connectivity index (χ4v) is 4.79. The molecule has 2 nitrogen and oxygen atoms in total. The molecule has 22 heavy (non-hydrogen) atoms. The second-order valence-corrected chi connectivity index (χ2v) is 7.96. The van der Waals surface area contributed by atoms with Crippen molar-refractivity contribution in [1.82, 2.24) is 0 Å². The minimum Gasteiger partial charge on any atom is -0.423 e. The van der Waals surface area contributed by atoms with E-state index in [-0.39, 0.29) is 21.5 Å². The molecule has 5 heteroatoms. The summed E-state index contributed by atoms with van der Waals surface area (Å²) < 4.78 is 20.5. The zero-order chi connectivity index (χ0) is 16.3. The number of hydrogen-bond donors (Lipinski definition) is 1. The van der Waals surface area contributed by atoms with Crippen LogP contribution in [0.15, 0.2) is 12.1 Å². The van der Waals surface area contributed by atoms with E-state index in [1.165, 1.54) is 12.5 Å². The monoisotopic (exact) mass is 324 g/mol. The van der Waals surface area contributed by atoms with Gasteiger partial charge in [0.15, 0.2) is 0 Å². The third-order valence-electron chi connectivity index (χ3n) is 6.32. The van der Waals surface area contributed by atoms with Crippen molar-refractivity contribution >= 4 is 24.2 Å².